The number of anilines is 1. The molecule has 2 rings (SSSR count). The number of rotatable bonds is 8. The maximum absolute atomic E-state index is 12.6. The van der Waals surface area contributed by atoms with E-state index in [4.69, 9.17) is 23.2 Å². The van der Waals surface area contributed by atoms with Gasteiger partial charge in [-0.2, -0.15) is 0 Å². The Morgan fingerprint density at radius 1 is 1.18 bits per heavy atom. The van der Waals surface area contributed by atoms with Crippen molar-refractivity contribution < 1.29 is 13.2 Å². The third kappa shape index (κ3) is 6.12. The maximum atomic E-state index is 12.6. The summed E-state index contributed by atoms with van der Waals surface area (Å²) in [6, 6.07) is 11.7. The second kappa shape index (κ2) is 9.63. The van der Waals surface area contributed by atoms with Crippen molar-refractivity contribution in [2.24, 2.45) is 0 Å². The van der Waals surface area contributed by atoms with Crippen molar-refractivity contribution in [2.75, 3.05) is 17.1 Å². The molecule has 28 heavy (non-hydrogen) atoms. The number of carbonyl (C=O) groups excluding carboxylic acids is 1. The summed E-state index contributed by atoms with van der Waals surface area (Å²) in [4.78, 5) is 12.6. The van der Waals surface area contributed by atoms with Crippen molar-refractivity contribution >= 4 is 44.8 Å². The number of halogens is 2. The quantitative estimate of drug-likeness (QED) is 0.622. The first kappa shape index (κ1) is 22.5. The maximum Gasteiger partial charge on any atom is 0.243 e. The van der Waals surface area contributed by atoms with Gasteiger partial charge in [0, 0.05) is 11.6 Å². The molecule has 0 saturated carbocycles. The van der Waals surface area contributed by atoms with Gasteiger partial charge < -0.3 is 5.32 Å². The van der Waals surface area contributed by atoms with Gasteiger partial charge in [-0.1, -0.05) is 53.0 Å². The minimum absolute atomic E-state index is 0.180. The molecule has 0 aliphatic heterocycles. The van der Waals surface area contributed by atoms with Crippen LogP contribution < -0.4 is 9.62 Å². The second-order valence-corrected chi connectivity index (χ2v) is 9.42. The lowest BCUT2D eigenvalue weighted by atomic mass is 10.1. The van der Waals surface area contributed by atoms with Crippen LogP contribution in [-0.2, 0) is 21.2 Å². The highest BCUT2D eigenvalue weighted by Gasteiger charge is 2.30. The summed E-state index contributed by atoms with van der Waals surface area (Å²) in [5, 5.41) is 3.34. The molecular weight excluding hydrogens is 419 g/mol. The summed E-state index contributed by atoms with van der Waals surface area (Å²) in [7, 11) is -3.75. The predicted molar refractivity (Wildman–Crippen MR) is 116 cm³/mol. The Labute approximate surface area is 176 Å². The lowest BCUT2D eigenvalue weighted by Crippen LogP contribution is -2.48. The van der Waals surface area contributed by atoms with E-state index in [-0.39, 0.29) is 10.7 Å². The first-order chi connectivity index (χ1) is 13.1. The summed E-state index contributed by atoms with van der Waals surface area (Å²) >= 11 is 12.1. The molecule has 0 spiro atoms. The van der Waals surface area contributed by atoms with Gasteiger partial charge in [0.2, 0.25) is 15.9 Å². The van der Waals surface area contributed by atoms with E-state index < -0.39 is 22.0 Å². The number of amides is 1. The van der Waals surface area contributed by atoms with Gasteiger partial charge in [-0.05, 0) is 50.5 Å². The molecule has 1 N–H and O–H groups in total. The van der Waals surface area contributed by atoms with E-state index in [1.807, 2.05) is 25.1 Å². The van der Waals surface area contributed by atoms with Crippen LogP contribution in [0.1, 0.15) is 24.5 Å². The average molecular weight is 443 g/mol. The van der Waals surface area contributed by atoms with Crippen LogP contribution in [0.5, 0.6) is 0 Å². The van der Waals surface area contributed by atoms with Gasteiger partial charge in [0.05, 0.1) is 17.0 Å². The zero-order valence-corrected chi connectivity index (χ0v) is 18.4. The van der Waals surface area contributed by atoms with Gasteiger partial charge in [-0.15, -0.1) is 0 Å². The van der Waals surface area contributed by atoms with E-state index in [0.29, 0.717) is 11.6 Å². The monoisotopic (exact) mass is 442 g/mol. The van der Waals surface area contributed by atoms with Gasteiger partial charge in [-0.25, -0.2) is 8.42 Å². The molecular formula is C20H24Cl2N2O3S. The summed E-state index contributed by atoms with van der Waals surface area (Å²) in [5.41, 5.74) is 2.57. The zero-order valence-electron chi connectivity index (χ0n) is 16.1. The highest BCUT2D eigenvalue weighted by atomic mass is 35.5. The zero-order chi connectivity index (χ0) is 20.9. The van der Waals surface area contributed by atoms with Crippen molar-refractivity contribution in [3.8, 4) is 0 Å². The molecule has 0 radical (unpaired) electrons. The van der Waals surface area contributed by atoms with Gasteiger partial charge in [0.25, 0.3) is 0 Å². The summed E-state index contributed by atoms with van der Waals surface area (Å²) in [6.45, 7) is 4.00. The molecule has 0 aromatic heterocycles. The number of aryl methyl sites for hydroxylation is 2. The van der Waals surface area contributed by atoms with Crippen LogP contribution in [-0.4, -0.2) is 33.2 Å². The lowest BCUT2D eigenvalue weighted by molar-refractivity contribution is -0.121. The van der Waals surface area contributed by atoms with Crippen molar-refractivity contribution in [1.82, 2.24) is 5.32 Å². The molecule has 2 aromatic rings. The number of sulfonamides is 1. The van der Waals surface area contributed by atoms with Crippen molar-refractivity contribution in [3.63, 3.8) is 0 Å². The normalized spacial score (nSPS) is 12.5. The Balaban J connectivity index is 2.04. The van der Waals surface area contributed by atoms with Crippen LogP contribution in [0, 0.1) is 6.92 Å². The van der Waals surface area contributed by atoms with Gasteiger partial charge >= 0.3 is 0 Å². The third-order valence-electron chi connectivity index (χ3n) is 4.26. The fraction of sp³-hybridized carbons (Fsp3) is 0.350. The molecule has 0 fully saturated rings. The number of hydrogen-bond donors (Lipinski definition) is 1. The first-order valence-electron chi connectivity index (χ1n) is 8.87. The van der Waals surface area contributed by atoms with Crippen molar-refractivity contribution in [3.05, 3.63) is 63.6 Å². The van der Waals surface area contributed by atoms with Gasteiger partial charge in [0.15, 0.2) is 0 Å². The van der Waals surface area contributed by atoms with Crippen LogP contribution in [0.15, 0.2) is 42.5 Å². The number of benzene rings is 2. The van der Waals surface area contributed by atoms with E-state index in [2.05, 4.69) is 11.4 Å². The first-order valence-corrected chi connectivity index (χ1v) is 11.5. The fourth-order valence-electron chi connectivity index (χ4n) is 2.96. The average Bonchev–Trinajstić information content (AvgIpc) is 2.60. The number of nitrogens with one attached hydrogen (secondary N) is 1. The van der Waals surface area contributed by atoms with Crippen molar-refractivity contribution in [2.45, 2.75) is 32.7 Å². The molecule has 2 aromatic carbocycles. The fourth-order valence-corrected chi connectivity index (χ4v) is 4.56. The number of hydrogen-bond acceptors (Lipinski definition) is 3. The molecule has 1 atom stereocenters. The van der Waals surface area contributed by atoms with Crippen LogP contribution in [0.25, 0.3) is 0 Å². The van der Waals surface area contributed by atoms with Crippen LogP contribution in [0.3, 0.4) is 0 Å². The van der Waals surface area contributed by atoms with Crippen LogP contribution in [0.4, 0.5) is 5.69 Å². The number of nitrogens with zero attached hydrogens (tertiary/aromatic N) is 1. The topological polar surface area (TPSA) is 66.5 Å². The minimum atomic E-state index is -3.75. The van der Waals surface area contributed by atoms with E-state index in [0.717, 1.165) is 23.4 Å². The molecule has 0 bridgehead atoms. The lowest BCUT2D eigenvalue weighted by Gasteiger charge is -2.29. The molecule has 152 valence electrons. The molecule has 5 nitrogen and oxygen atoms in total. The molecule has 8 heteroatoms. The second-order valence-electron chi connectivity index (χ2n) is 6.71. The Hall–Kier alpha value is -1.76. The van der Waals surface area contributed by atoms with Gasteiger partial charge in [-0.3, -0.25) is 9.10 Å². The Bertz CT molecular complexity index is 948. The Morgan fingerprint density at radius 2 is 1.89 bits per heavy atom. The van der Waals surface area contributed by atoms with Crippen LogP contribution in [0.2, 0.25) is 10.0 Å². The summed E-state index contributed by atoms with van der Waals surface area (Å²) in [5.74, 6) is -0.397. The standard InChI is InChI=1S/C20H24Cl2N2O3S/c1-14-6-4-7-16(12-14)8-5-11-23-20(25)15(2)24(28(3,26)27)19-13-17(21)9-10-18(19)22/h4,6-7,9-10,12-13,15H,5,8,11H2,1-3H3,(H,23,25)/t15-/m1/s1. The Kier molecular flexibility index (Phi) is 7.75. The van der Waals surface area contributed by atoms with Gasteiger partial charge in [0.1, 0.15) is 6.04 Å². The SMILES string of the molecule is Cc1cccc(CCCNC(=O)[C@@H](C)N(c2cc(Cl)ccc2Cl)S(C)(=O)=O)c1. The van der Waals surface area contributed by atoms with Crippen molar-refractivity contribution in [1.29, 1.82) is 0 Å². The molecule has 0 aliphatic carbocycles. The third-order valence-corrected chi connectivity index (χ3v) is 6.04. The highest BCUT2D eigenvalue weighted by molar-refractivity contribution is 7.92. The minimum Gasteiger partial charge on any atom is -0.354 e. The smallest absolute Gasteiger partial charge is 0.243 e. The summed E-state index contributed by atoms with van der Waals surface area (Å²) in [6.07, 6.45) is 2.61. The largest absolute Gasteiger partial charge is 0.354 e. The molecule has 1 amide bonds. The molecule has 0 saturated heterocycles. The summed E-state index contributed by atoms with van der Waals surface area (Å²) < 4.78 is 25.7. The Morgan fingerprint density at radius 3 is 2.54 bits per heavy atom. The van der Waals surface area contributed by atoms with Crippen LogP contribution >= 0.6 is 23.2 Å². The molecule has 0 heterocycles. The molecule has 0 unspecified atom stereocenters. The van der Waals surface area contributed by atoms with E-state index in [1.54, 1.807) is 6.07 Å². The highest BCUT2D eigenvalue weighted by Crippen LogP contribution is 2.32. The van der Waals surface area contributed by atoms with E-state index >= 15 is 0 Å². The van der Waals surface area contributed by atoms with E-state index in [9.17, 15) is 13.2 Å². The van der Waals surface area contributed by atoms with E-state index in [1.165, 1.54) is 30.2 Å². The number of carbonyl (C=O) groups is 1. The molecule has 0 aliphatic rings. The predicted octanol–water partition coefficient (Wildman–Crippen LogP) is 4.21.